The fraction of sp³-hybridized carbons (Fsp3) is 0.743. The first-order valence-corrected chi connectivity index (χ1v) is 16.8. The summed E-state index contributed by atoms with van der Waals surface area (Å²) in [6, 6.07) is -2.13. The van der Waals surface area contributed by atoms with Crippen LogP contribution in [0.5, 0.6) is 0 Å². The van der Waals surface area contributed by atoms with Crippen LogP contribution in [0.3, 0.4) is 0 Å². The molecule has 3 rings (SSSR count). The molecule has 0 aliphatic carbocycles. The summed E-state index contributed by atoms with van der Waals surface area (Å²) in [5, 5.41) is 9.14. The molecule has 4 unspecified atom stereocenters. The fourth-order valence-corrected chi connectivity index (χ4v) is 5.14. The monoisotopic (exact) mass is 743 g/mol. The van der Waals surface area contributed by atoms with Gasteiger partial charge in [0, 0.05) is 38.5 Å². The molecule has 52 heavy (non-hydrogen) atoms. The predicted molar refractivity (Wildman–Crippen MR) is 185 cm³/mol. The number of ketones is 1. The Morgan fingerprint density at radius 2 is 1.00 bits per heavy atom. The number of aliphatic hydroxyl groups excluding tert-OH is 1. The molecule has 4 atom stereocenters. The first-order chi connectivity index (χ1) is 23.8. The highest BCUT2D eigenvalue weighted by Crippen LogP contribution is 2.27. The Kier molecular flexibility index (Phi) is 16.6. The van der Waals surface area contributed by atoms with Crippen LogP contribution in [0.15, 0.2) is 12.2 Å². The van der Waals surface area contributed by atoms with Crippen LogP contribution in [0.1, 0.15) is 81.6 Å². The summed E-state index contributed by atoms with van der Waals surface area (Å²) >= 11 is 0. The zero-order valence-corrected chi connectivity index (χ0v) is 32.6. The van der Waals surface area contributed by atoms with E-state index >= 15 is 0 Å². The third kappa shape index (κ3) is 14.7. The van der Waals surface area contributed by atoms with Crippen LogP contribution < -0.4 is 0 Å². The van der Waals surface area contributed by atoms with Crippen molar-refractivity contribution in [2.75, 3.05) is 47.6 Å². The van der Waals surface area contributed by atoms with Gasteiger partial charge in [-0.1, -0.05) is 12.2 Å². The van der Waals surface area contributed by atoms with E-state index in [0.717, 1.165) is 10.5 Å². The Morgan fingerprint density at radius 1 is 0.635 bits per heavy atom. The Balaban J connectivity index is 0.000000390. The smallest absolute Gasteiger partial charge is 0.411 e. The summed E-state index contributed by atoms with van der Waals surface area (Å²) in [7, 11) is 3.80. The standard InChI is InChI=1S/C12H21NO5.C12H19NO4.C11H17NO5/c1-12(2,3)18-11(16)13-6-8(7-14)5-9(13)10(15)17-4;1-8-6-9(10(14)16-5)13(7-8)11(15)17-12(2,3)4;1-11(2,3)17-10(15)12-6-7(13)5-8(12)9(14)16-4/h8-9,14H,5-7H2,1-4H3;9H,1,6-7H2,2-5H3;8H,5-6H2,1-4H3. The average Bonchev–Trinajstić information content (AvgIpc) is 3.74. The number of aliphatic hydroxyl groups is 1. The van der Waals surface area contributed by atoms with Crippen molar-refractivity contribution in [1.29, 1.82) is 0 Å². The van der Waals surface area contributed by atoms with Gasteiger partial charge in [-0.05, 0) is 68.7 Å². The van der Waals surface area contributed by atoms with Gasteiger partial charge in [-0.2, -0.15) is 0 Å². The van der Waals surface area contributed by atoms with E-state index in [9.17, 15) is 33.6 Å². The topological polar surface area (TPSA) is 205 Å². The van der Waals surface area contributed by atoms with Crippen molar-refractivity contribution >= 4 is 42.0 Å². The van der Waals surface area contributed by atoms with E-state index in [-0.39, 0.29) is 31.3 Å². The highest BCUT2D eigenvalue weighted by Gasteiger charge is 2.43. The molecule has 3 heterocycles. The second-order valence-corrected chi connectivity index (χ2v) is 15.4. The van der Waals surface area contributed by atoms with Crippen molar-refractivity contribution in [3.63, 3.8) is 0 Å². The van der Waals surface area contributed by atoms with Gasteiger partial charge in [0.15, 0.2) is 5.78 Å². The molecule has 296 valence electrons. The van der Waals surface area contributed by atoms with Crippen molar-refractivity contribution in [1.82, 2.24) is 14.7 Å². The van der Waals surface area contributed by atoms with Crippen LogP contribution in [-0.4, -0.2) is 144 Å². The Labute approximate surface area is 305 Å². The lowest BCUT2D eigenvalue weighted by Crippen LogP contribution is -2.43. The first-order valence-electron chi connectivity index (χ1n) is 16.8. The Hall–Kier alpha value is -4.41. The van der Waals surface area contributed by atoms with Crippen molar-refractivity contribution in [2.45, 2.75) is 117 Å². The van der Waals surface area contributed by atoms with Crippen LogP contribution in [-0.2, 0) is 47.6 Å². The lowest BCUT2D eigenvalue weighted by Gasteiger charge is -2.27. The first kappa shape index (κ1) is 45.6. The molecule has 0 saturated carbocycles. The lowest BCUT2D eigenvalue weighted by atomic mass is 10.1. The van der Waals surface area contributed by atoms with E-state index in [4.69, 9.17) is 19.3 Å². The quantitative estimate of drug-likeness (QED) is 0.250. The molecule has 3 saturated heterocycles. The number of hydrogen-bond acceptors (Lipinski definition) is 14. The highest BCUT2D eigenvalue weighted by atomic mass is 16.6. The summed E-state index contributed by atoms with van der Waals surface area (Å²) in [6.45, 7) is 20.1. The summed E-state index contributed by atoms with van der Waals surface area (Å²) in [4.78, 5) is 85.3. The SMILES string of the molecule is C=C1CC(C(=O)OC)N(C(=O)OC(C)(C)C)C1.COC(=O)C1CC(=O)CN1C(=O)OC(C)(C)C.COC(=O)C1CC(CO)CN1C(=O)OC(C)(C)C. The number of rotatable bonds is 4. The maximum atomic E-state index is 12.0. The zero-order valence-electron chi connectivity index (χ0n) is 32.6. The number of hydrogen-bond donors (Lipinski definition) is 1. The van der Waals surface area contributed by atoms with Crippen LogP contribution in [0.25, 0.3) is 0 Å². The highest BCUT2D eigenvalue weighted by molar-refractivity contribution is 5.95. The third-order valence-electron chi connectivity index (χ3n) is 7.35. The van der Waals surface area contributed by atoms with Gasteiger partial charge >= 0.3 is 36.2 Å². The number of ether oxygens (including phenoxy) is 6. The average molecular weight is 744 g/mol. The second-order valence-electron chi connectivity index (χ2n) is 15.4. The summed E-state index contributed by atoms with van der Waals surface area (Å²) < 4.78 is 29.5. The summed E-state index contributed by atoms with van der Waals surface area (Å²) in [6.07, 6.45) is -0.889. The van der Waals surface area contributed by atoms with Gasteiger partial charge in [0.05, 0.1) is 27.9 Å². The Bertz CT molecular complexity index is 1260. The molecule has 17 nitrogen and oxygen atoms in total. The number of methoxy groups -OCH3 is 3. The van der Waals surface area contributed by atoms with Gasteiger partial charge < -0.3 is 33.5 Å². The van der Waals surface area contributed by atoms with Gasteiger partial charge in [-0.25, -0.2) is 28.8 Å². The van der Waals surface area contributed by atoms with E-state index in [1.807, 2.05) is 0 Å². The van der Waals surface area contributed by atoms with Crippen molar-refractivity contribution in [3.8, 4) is 0 Å². The molecule has 3 amide bonds. The van der Waals surface area contributed by atoms with E-state index in [0.29, 0.717) is 25.9 Å². The van der Waals surface area contributed by atoms with Crippen molar-refractivity contribution in [2.24, 2.45) is 5.92 Å². The molecule has 0 aromatic carbocycles. The second kappa shape index (κ2) is 18.9. The molecule has 17 heteroatoms. The largest absolute Gasteiger partial charge is 0.467 e. The maximum absolute atomic E-state index is 12.0. The minimum Gasteiger partial charge on any atom is -0.467 e. The maximum Gasteiger partial charge on any atom is 0.411 e. The molecule has 1 N–H and O–H groups in total. The minimum atomic E-state index is -0.859. The van der Waals surface area contributed by atoms with Gasteiger partial charge in [0.2, 0.25) is 0 Å². The van der Waals surface area contributed by atoms with E-state index in [2.05, 4.69) is 20.8 Å². The van der Waals surface area contributed by atoms with Gasteiger partial charge in [0.25, 0.3) is 0 Å². The molecule has 0 aromatic heterocycles. The number of carbonyl (C=O) groups excluding carboxylic acids is 7. The van der Waals surface area contributed by atoms with E-state index < -0.39 is 71.1 Å². The zero-order chi connectivity index (χ0) is 40.4. The van der Waals surface area contributed by atoms with Crippen LogP contribution in [0.4, 0.5) is 14.4 Å². The molecule has 3 aliphatic rings. The number of amides is 3. The Morgan fingerprint density at radius 3 is 1.38 bits per heavy atom. The molecule has 0 aromatic rings. The van der Waals surface area contributed by atoms with Gasteiger partial charge in [-0.3, -0.25) is 19.5 Å². The summed E-state index contributed by atoms with van der Waals surface area (Å²) in [5.74, 6) is -1.79. The minimum absolute atomic E-state index is 0.00802. The van der Waals surface area contributed by atoms with Crippen molar-refractivity contribution < 1.29 is 67.1 Å². The van der Waals surface area contributed by atoms with Crippen LogP contribution in [0.2, 0.25) is 0 Å². The molecule has 0 bridgehead atoms. The fourth-order valence-electron chi connectivity index (χ4n) is 5.14. The van der Waals surface area contributed by atoms with Gasteiger partial charge in [-0.15, -0.1) is 0 Å². The molecule has 3 fully saturated rings. The molecule has 0 radical (unpaired) electrons. The van der Waals surface area contributed by atoms with E-state index in [1.165, 1.54) is 31.1 Å². The van der Waals surface area contributed by atoms with Crippen molar-refractivity contribution in [3.05, 3.63) is 12.2 Å². The molecule has 3 aliphatic heterocycles. The van der Waals surface area contributed by atoms with E-state index in [1.54, 1.807) is 62.3 Å². The summed E-state index contributed by atoms with van der Waals surface area (Å²) in [5.41, 5.74) is -1.04. The van der Waals surface area contributed by atoms with Crippen LogP contribution >= 0.6 is 0 Å². The number of nitrogens with zero attached hydrogens (tertiary/aromatic N) is 3. The number of esters is 3. The number of carbonyl (C=O) groups is 7. The molecular formula is C35H57N3O14. The number of likely N-dealkylation sites (tertiary alicyclic amines) is 3. The predicted octanol–water partition coefficient (Wildman–Crippen LogP) is 3.24. The van der Waals surface area contributed by atoms with Gasteiger partial charge in [0.1, 0.15) is 34.9 Å². The lowest BCUT2D eigenvalue weighted by molar-refractivity contribution is -0.146. The molecular weight excluding hydrogens is 686 g/mol. The van der Waals surface area contributed by atoms with Crippen LogP contribution in [0, 0.1) is 5.92 Å². The normalized spacial score (nSPS) is 21.6. The number of Topliss-reactive ketones (excluding diaryl/α,β-unsaturated/α-hetero) is 1. The molecule has 0 spiro atoms. The third-order valence-corrected chi connectivity index (χ3v) is 7.35.